The molecule has 1 aromatic heterocycles. The molecule has 1 atom stereocenters. The van der Waals surface area contributed by atoms with Crippen LogP contribution >= 0.6 is 0 Å². The van der Waals surface area contributed by atoms with Crippen LogP contribution in [0, 0.1) is 0 Å². The van der Waals surface area contributed by atoms with Crippen molar-refractivity contribution >= 4 is 5.91 Å². The van der Waals surface area contributed by atoms with Crippen molar-refractivity contribution in [1.82, 2.24) is 9.88 Å². The summed E-state index contributed by atoms with van der Waals surface area (Å²) in [5, 5.41) is 0. The number of benzene rings is 1. The maximum absolute atomic E-state index is 12.5. The van der Waals surface area contributed by atoms with Crippen LogP contribution < -0.4 is 14.2 Å². The van der Waals surface area contributed by atoms with Crippen molar-refractivity contribution in [2.75, 3.05) is 19.9 Å². The highest BCUT2D eigenvalue weighted by Crippen LogP contribution is 2.32. The van der Waals surface area contributed by atoms with Crippen LogP contribution in [0.25, 0.3) is 0 Å². The van der Waals surface area contributed by atoms with E-state index in [1.54, 1.807) is 6.20 Å². The lowest BCUT2D eigenvalue weighted by Crippen LogP contribution is -2.32. The average molecular weight is 326 g/mol. The van der Waals surface area contributed by atoms with Gasteiger partial charge >= 0.3 is 0 Å². The maximum Gasteiger partial charge on any atom is 0.231 e. The fourth-order valence-electron chi connectivity index (χ4n) is 2.98. The molecule has 2 aromatic rings. The zero-order chi connectivity index (χ0) is 16.4. The Labute approximate surface area is 140 Å². The van der Waals surface area contributed by atoms with Gasteiger partial charge in [0.05, 0.1) is 13.0 Å². The molecule has 0 spiro atoms. The van der Waals surface area contributed by atoms with Crippen LogP contribution in [0.4, 0.5) is 0 Å². The topological polar surface area (TPSA) is 60.9 Å². The van der Waals surface area contributed by atoms with Crippen LogP contribution in [-0.4, -0.2) is 41.8 Å². The van der Waals surface area contributed by atoms with Crippen molar-refractivity contribution in [1.29, 1.82) is 0 Å². The quantitative estimate of drug-likeness (QED) is 0.860. The summed E-state index contributed by atoms with van der Waals surface area (Å²) in [5.41, 5.74) is 0.929. The van der Waals surface area contributed by atoms with Gasteiger partial charge in [-0.25, -0.2) is 4.98 Å². The van der Waals surface area contributed by atoms with Crippen molar-refractivity contribution in [3.05, 3.63) is 48.2 Å². The number of carbonyl (C=O) groups excluding carboxylic acids is 1. The van der Waals surface area contributed by atoms with Crippen molar-refractivity contribution in [3.8, 4) is 17.4 Å². The summed E-state index contributed by atoms with van der Waals surface area (Å²) in [6, 6.07) is 11.2. The van der Waals surface area contributed by atoms with E-state index >= 15 is 0 Å². The molecule has 6 nitrogen and oxygen atoms in total. The Morgan fingerprint density at radius 3 is 3.04 bits per heavy atom. The molecule has 1 fully saturated rings. The lowest BCUT2D eigenvalue weighted by atomic mass is 10.1. The number of carbonyl (C=O) groups is 1. The van der Waals surface area contributed by atoms with Crippen molar-refractivity contribution in [3.63, 3.8) is 0 Å². The third-order valence-corrected chi connectivity index (χ3v) is 4.22. The second kappa shape index (κ2) is 6.39. The summed E-state index contributed by atoms with van der Waals surface area (Å²) in [5.74, 6) is 2.14. The zero-order valence-corrected chi connectivity index (χ0v) is 13.2. The fraction of sp³-hybridized carbons (Fsp3) is 0.333. The van der Waals surface area contributed by atoms with Gasteiger partial charge in [0.15, 0.2) is 11.5 Å². The Kier molecular flexibility index (Phi) is 3.94. The van der Waals surface area contributed by atoms with Gasteiger partial charge in [-0.1, -0.05) is 12.1 Å². The van der Waals surface area contributed by atoms with Crippen molar-refractivity contribution in [2.45, 2.75) is 18.9 Å². The maximum atomic E-state index is 12.5. The molecule has 0 N–H and O–H groups in total. The van der Waals surface area contributed by atoms with Gasteiger partial charge < -0.3 is 19.1 Å². The Hall–Kier alpha value is -2.76. The largest absolute Gasteiger partial charge is 0.472 e. The minimum atomic E-state index is 0.000559. The van der Waals surface area contributed by atoms with E-state index in [2.05, 4.69) is 4.98 Å². The van der Waals surface area contributed by atoms with E-state index < -0.39 is 0 Å². The third kappa shape index (κ3) is 3.13. The summed E-state index contributed by atoms with van der Waals surface area (Å²) in [6.45, 7) is 1.55. The van der Waals surface area contributed by atoms with Crippen LogP contribution in [-0.2, 0) is 11.2 Å². The highest BCUT2D eigenvalue weighted by atomic mass is 16.7. The molecule has 0 radical (unpaired) electrons. The molecule has 124 valence electrons. The van der Waals surface area contributed by atoms with Gasteiger partial charge in [0.1, 0.15) is 6.10 Å². The minimum Gasteiger partial charge on any atom is -0.472 e. The third-order valence-electron chi connectivity index (χ3n) is 4.22. The molecule has 0 bridgehead atoms. The monoisotopic (exact) mass is 326 g/mol. The molecule has 2 aliphatic rings. The first kappa shape index (κ1) is 14.8. The molecule has 1 unspecified atom stereocenters. The average Bonchev–Trinajstić information content (AvgIpc) is 3.24. The van der Waals surface area contributed by atoms with E-state index in [9.17, 15) is 4.79 Å². The molecule has 3 heterocycles. The minimum absolute atomic E-state index is 0.000559. The van der Waals surface area contributed by atoms with Crippen LogP contribution in [0.2, 0.25) is 0 Å². The molecule has 2 aliphatic heterocycles. The van der Waals surface area contributed by atoms with Crippen molar-refractivity contribution < 1.29 is 19.0 Å². The fourth-order valence-corrected chi connectivity index (χ4v) is 2.98. The number of fused-ring (bicyclic) bond motifs is 1. The predicted molar refractivity (Wildman–Crippen MR) is 86.1 cm³/mol. The number of ether oxygens (including phenoxy) is 3. The lowest BCUT2D eigenvalue weighted by Gasteiger charge is -2.17. The van der Waals surface area contributed by atoms with Crippen LogP contribution in [0.3, 0.4) is 0 Å². The molecule has 4 rings (SSSR count). The summed E-state index contributed by atoms with van der Waals surface area (Å²) in [4.78, 5) is 18.5. The Balaban J connectivity index is 1.34. The van der Waals surface area contributed by atoms with E-state index in [4.69, 9.17) is 14.2 Å². The lowest BCUT2D eigenvalue weighted by molar-refractivity contribution is -0.129. The number of hydrogen-bond acceptors (Lipinski definition) is 5. The van der Waals surface area contributed by atoms with E-state index in [1.807, 2.05) is 41.3 Å². The first-order valence-corrected chi connectivity index (χ1v) is 8.02. The summed E-state index contributed by atoms with van der Waals surface area (Å²) in [6.07, 6.45) is 2.88. The van der Waals surface area contributed by atoms with Gasteiger partial charge in [-0.2, -0.15) is 0 Å². The number of amides is 1. The van der Waals surface area contributed by atoms with E-state index in [1.165, 1.54) is 0 Å². The van der Waals surface area contributed by atoms with Gasteiger partial charge in [0, 0.05) is 25.2 Å². The highest BCUT2D eigenvalue weighted by molar-refractivity contribution is 5.79. The van der Waals surface area contributed by atoms with Crippen LogP contribution in [0.1, 0.15) is 12.0 Å². The van der Waals surface area contributed by atoms with E-state index in [-0.39, 0.29) is 18.8 Å². The number of rotatable bonds is 4. The normalized spacial score (nSPS) is 18.7. The number of aromatic nitrogens is 1. The highest BCUT2D eigenvalue weighted by Gasteiger charge is 2.28. The molecule has 24 heavy (non-hydrogen) atoms. The Morgan fingerprint density at radius 1 is 1.25 bits per heavy atom. The number of nitrogens with zero attached hydrogens (tertiary/aromatic N) is 2. The second-order valence-electron chi connectivity index (χ2n) is 5.90. The molecule has 6 heteroatoms. The van der Waals surface area contributed by atoms with Crippen LogP contribution in [0.5, 0.6) is 17.4 Å². The molecule has 1 amide bonds. The van der Waals surface area contributed by atoms with Gasteiger partial charge in [-0.05, 0) is 23.8 Å². The SMILES string of the molecule is O=C(Cc1ccc2c(c1)OCO2)N1CCC(Oc2ccccn2)C1. The van der Waals surface area contributed by atoms with Gasteiger partial charge in [0.25, 0.3) is 0 Å². The molecular formula is C18H18N2O4. The standard InChI is InChI=1S/C18H18N2O4/c21-18(10-13-4-5-15-16(9-13)23-12-22-15)20-8-6-14(11-20)24-17-3-1-2-7-19-17/h1-5,7,9,14H,6,8,10-12H2. The molecular weight excluding hydrogens is 308 g/mol. The first-order chi connectivity index (χ1) is 11.8. The smallest absolute Gasteiger partial charge is 0.231 e. The van der Waals surface area contributed by atoms with Gasteiger partial charge in [-0.3, -0.25) is 4.79 Å². The molecule has 1 saturated heterocycles. The Morgan fingerprint density at radius 2 is 2.17 bits per heavy atom. The molecule has 0 saturated carbocycles. The first-order valence-electron chi connectivity index (χ1n) is 8.02. The van der Waals surface area contributed by atoms with E-state index in [0.717, 1.165) is 17.7 Å². The van der Waals surface area contributed by atoms with Gasteiger partial charge in [-0.15, -0.1) is 0 Å². The summed E-state index contributed by atoms with van der Waals surface area (Å²) < 4.78 is 16.5. The molecule has 0 aliphatic carbocycles. The Bertz CT molecular complexity index is 735. The van der Waals surface area contributed by atoms with Crippen molar-refractivity contribution in [2.24, 2.45) is 0 Å². The second-order valence-corrected chi connectivity index (χ2v) is 5.90. The molecule has 1 aromatic carbocycles. The number of hydrogen-bond donors (Lipinski definition) is 0. The summed E-state index contributed by atoms with van der Waals surface area (Å²) in [7, 11) is 0. The number of likely N-dealkylation sites (tertiary alicyclic amines) is 1. The zero-order valence-electron chi connectivity index (χ0n) is 13.2. The van der Waals surface area contributed by atoms with E-state index in [0.29, 0.717) is 31.1 Å². The number of pyridine rings is 1. The predicted octanol–water partition coefficient (Wildman–Crippen LogP) is 2.03. The van der Waals surface area contributed by atoms with Gasteiger partial charge in [0.2, 0.25) is 18.6 Å². The van der Waals surface area contributed by atoms with Crippen LogP contribution in [0.15, 0.2) is 42.6 Å². The summed E-state index contributed by atoms with van der Waals surface area (Å²) >= 11 is 0.